The van der Waals surface area contributed by atoms with Crippen LogP contribution < -0.4 is 9.64 Å². The maximum absolute atomic E-state index is 12.1. The number of rotatable bonds is 5. The normalized spacial score (nSPS) is 10.2. The van der Waals surface area contributed by atoms with Crippen LogP contribution in [0.15, 0.2) is 48.5 Å². The highest BCUT2D eigenvalue weighted by Gasteiger charge is 2.15. The number of benzene rings is 2. The molecule has 2 rings (SSSR count). The van der Waals surface area contributed by atoms with E-state index >= 15 is 0 Å². The molecular weight excluding hydrogens is 286 g/mol. The minimum atomic E-state index is -0.123. The van der Waals surface area contributed by atoms with E-state index in [-0.39, 0.29) is 11.8 Å². The SMILES string of the molecule is COc1ccc(N(Cc2ccc(C)cc2)C(=O)CCl)cc1. The van der Waals surface area contributed by atoms with Gasteiger partial charge in [0.25, 0.3) is 0 Å². The van der Waals surface area contributed by atoms with Crippen molar-refractivity contribution in [3.8, 4) is 5.75 Å². The first-order valence-electron chi connectivity index (χ1n) is 6.70. The molecule has 0 saturated carbocycles. The summed E-state index contributed by atoms with van der Waals surface area (Å²) in [6.07, 6.45) is 0. The molecule has 0 aliphatic carbocycles. The van der Waals surface area contributed by atoms with Gasteiger partial charge < -0.3 is 9.64 Å². The molecule has 21 heavy (non-hydrogen) atoms. The van der Waals surface area contributed by atoms with Gasteiger partial charge in [0.1, 0.15) is 11.6 Å². The van der Waals surface area contributed by atoms with Crippen LogP contribution in [0.1, 0.15) is 11.1 Å². The van der Waals surface area contributed by atoms with Crippen LogP contribution in [0, 0.1) is 6.92 Å². The molecule has 0 radical (unpaired) electrons. The molecule has 0 heterocycles. The summed E-state index contributed by atoms with van der Waals surface area (Å²) >= 11 is 5.73. The van der Waals surface area contributed by atoms with Gasteiger partial charge in [-0.05, 0) is 36.8 Å². The Labute approximate surface area is 130 Å². The van der Waals surface area contributed by atoms with Gasteiger partial charge in [0.05, 0.1) is 13.7 Å². The van der Waals surface area contributed by atoms with Crippen molar-refractivity contribution < 1.29 is 9.53 Å². The molecule has 0 aliphatic rings. The summed E-state index contributed by atoms with van der Waals surface area (Å²) in [6, 6.07) is 15.5. The molecule has 0 spiro atoms. The van der Waals surface area contributed by atoms with E-state index in [1.165, 1.54) is 5.56 Å². The molecule has 0 N–H and O–H groups in total. The summed E-state index contributed by atoms with van der Waals surface area (Å²) in [5, 5.41) is 0. The first-order chi connectivity index (χ1) is 10.1. The van der Waals surface area contributed by atoms with Gasteiger partial charge in [-0.1, -0.05) is 29.8 Å². The second-order valence-electron chi connectivity index (χ2n) is 4.80. The lowest BCUT2D eigenvalue weighted by Gasteiger charge is -2.22. The average Bonchev–Trinajstić information content (AvgIpc) is 2.54. The minimum Gasteiger partial charge on any atom is -0.497 e. The molecule has 0 aliphatic heterocycles. The van der Waals surface area contributed by atoms with E-state index in [0.29, 0.717) is 6.54 Å². The predicted octanol–water partition coefficient (Wildman–Crippen LogP) is 3.78. The molecule has 0 saturated heterocycles. The third-order valence-corrected chi connectivity index (χ3v) is 3.49. The number of carbonyl (C=O) groups is 1. The number of hydrogen-bond donors (Lipinski definition) is 0. The lowest BCUT2D eigenvalue weighted by molar-refractivity contribution is -0.116. The fourth-order valence-electron chi connectivity index (χ4n) is 2.03. The van der Waals surface area contributed by atoms with Gasteiger partial charge in [0.2, 0.25) is 5.91 Å². The first kappa shape index (κ1) is 15.4. The van der Waals surface area contributed by atoms with E-state index in [9.17, 15) is 4.79 Å². The maximum Gasteiger partial charge on any atom is 0.242 e. The zero-order valence-corrected chi connectivity index (χ0v) is 12.9. The van der Waals surface area contributed by atoms with Crippen molar-refractivity contribution in [2.75, 3.05) is 17.9 Å². The molecule has 3 nitrogen and oxygen atoms in total. The van der Waals surface area contributed by atoms with E-state index in [1.807, 2.05) is 55.5 Å². The monoisotopic (exact) mass is 303 g/mol. The number of halogens is 1. The van der Waals surface area contributed by atoms with Gasteiger partial charge in [0, 0.05) is 5.69 Å². The molecule has 1 amide bonds. The standard InChI is InChI=1S/C17H18ClNO2/c1-13-3-5-14(6-4-13)12-19(17(20)11-18)15-7-9-16(21-2)10-8-15/h3-10H,11-12H2,1-2H3. The lowest BCUT2D eigenvalue weighted by Crippen LogP contribution is -2.31. The molecule has 0 aromatic heterocycles. The quantitative estimate of drug-likeness (QED) is 0.787. The van der Waals surface area contributed by atoms with Crippen LogP contribution in [0.2, 0.25) is 0 Å². The Kier molecular flexibility index (Phi) is 5.23. The summed E-state index contributed by atoms with van der Waals surface area (Å²) in [6.45, 7) is 2.53. The number of methoxy groups -OCH3 is 1. The number of hydrogen-bond acceptors (Lipinski definition) is 2. The van der Waals surface area contributed by atoms with Crippen LogP contribution in [0.25, 0.3) is 0 Å². The smallest absolute Gasteiger partial charge is 0.242 e. The van der Waals surface area contributed by atoms with Crippen LogP contribution in [-0.2, 0) is 11.3 Å². The predicted molar refractivity (Wildman–Crippen MR) is 86.1 cm³/mol. The van der Waals surface area contributed by atoms with E-state index in [2.05, 4.69) is 0 Å². The van der Waals surface area contributed by atoms with Crippen molar-refractivity contribution in [2.45, 2.75) is 13.5 Å². The zero-order chi connectivity index (χ0) is 15.2. The van der Waals surface area contributed by atoms with E-state index < -0.39 is 0 Å². The van der Waals surface area contributed by atoms with Crippen molar-refractivity contribution in [1.29, 1.82) is 0 Å². The topological polar surface area (TPSA) is 29.5 Å². The molecule has 0 atom stereocenters. The second-order valence-corrected chi connectivity index (χ2v) is 5.06. The fourth-order valence-corrected chi connectivity index (χ4v) is 2.18. The average molecular weight is 304 g/mol. The number of alkyl halides is 1. The van der Waals surface area contributed by atoms with Crippen molar-refractivity contribution >= 4 is 23.2 Å². The van der Waals surface area contributed by atoms with Gasteiger partial charge in [-0.15, -0.1) is 11.6 Å². The number of anilines is 1. The van der Waals surface area contributed by atoms with Crippen molar-refractivity contribution in [2.24, 2.45) is 0 Å². The summed E-state index contributed by atoms with van der Waals surface area (Å²) in [7, 11) is 1.61. The Bertz CT molecular complexity index is 593. The molecule has 2 aromatic rings. The van der Waals surface area contributed by atoms with Gasteiger partial charge in [-0.25, -0.2) is 0 Å². The summed E-state index contributed by atoms with van der Waals surface area (Å²) in [4.78, 5) is 13.8. The summed E-state index contributed by atoms with van der Waals surface area (Å²) < 4.78 is 5.14. The number of nitrogens with zero attached hydrogens (tertiary/aromatic N) is 1. The third kappa shape index (κ3) is 3.99. The molecule has 4 heteroatoms. The first-order valence-corrected chi connectivity index (χ1v) is 7.23. The van der Waals surface area contributed by atoms with Gasteiger partial charge >= 0.3 is 0 Å². The van der Waals surface area contributed by atoms with Gasteiger partial charge in [-0.2, -0.15) is 0 Å². The zero-order valence-electron chi connectivity index (χ0n) is 12.2. The molecular formula is C17H18ClNO2. The Hall–Kier alpha value is -2.00. The Balaban J connectivity index is 2.25. The molecule has 0 fully saturated rings. The van der Waals surface area contributed by atoms with Crippen LogP contribution in [-0.4, -0.2) is 18.9 Å². The Morgan fingerprint density at radius 3 is 2.24 bits per heavy atom. The van der Waals surface area contributed by atoms with Crippen LogP contribution >= 0.6 is 11.6 Å². The molecule has 2 aromatic carbocycles. The van der Waals surface area contributed by atoms with Gasteiger partial charge in [-0.3, -0.25) is 4.79 Å². The highest BCUT2D eigenvalue weighted by molar-refractivity contribution is 6.29. The fraction of sp³-hybridized carbons (Fsp3) is 0.235. The van der Waals surface area contributed by atoms with E-state index in [0.717, 1.165) is 17.0 Å². The molecule has 110 valence electrons. The van der Waals surface area contributed by atoms with Gasteiger partial charge in [0.15, 0.2) is 0 Å². The summed E-state index contributed by atoms with van der Waals surface area (Å²) in [5.74, 6) is 0.590. The van der Waals surface area contributed by atoms with Crippen molar-refractivity contribution in [3.63, 3.8) is 0 Å². The highest BCUT2D eigenvalue weighted by atomic mass is 35.5. The number of carbonyl (C=O) groups excluding carboxylic acids is 1. The third-order valence-electron chi connectivity index (χ3n) is 3.26. The maximum atomic E-state index is 12.1. The largest absolute Gasteiger partial charge is 0.497 e. The van der Waals surface area contributed by atoms with Crippen LogP contribution in [0.4, 0.5) is 5.69 Å². The Morgan fingerprint density at radius 2 is 1.71 bits per heavy atom. The molecule has 0 bridgehead atoms. The minimum absolute atomic E-state index is 0.0438. The summed E-state index contributed by atoms with van der Waals surface area (Å²) in [5.41, 5.74) is 3.07. The van der Waals surface area contributed by atoms with Crippen LogP contribution in [0.3, 0.4) is 0 Å². The Morgan fingerprint density at radius 1 is 1.10 bits per heavy atom. The van der Waals surface area contributed by atoms with E-state index in [4.69, 9.17) is 16.3 Å². The molecule has 0 unspecified atom stereocenters. The lowest BCUT2D eigenvalue weighted by atomic mass is 10.1. The van der Waals surface area contributed by atoms with Crippen molar-refractivity contribution in [3.05, 3.63) is 59.7 Å². The number of aryl methyl sites for hydroxylation is 1. The van der Waals surface area contributed by atoms with E-state index in [1.54, 1.807) is 12.0 Å². The second kappa shape index (κ2) is 7.14. The number of ether oxygens (including phenoxy) is 1. The van der Waals surface area contributed by atoms with Crippen molar-refractivity contribution in [1.82, 2.24) is 0 Å². The van der Waals surface area contributed by atoms with Crippen LogP contribution in [0.5, 0.6) is 5.75 Å². The highest BCUT2D eigenvalue weighted by Crippen LogP contribution is 2.22. The number of amides is 1.